The molecule has 9 heteroatoms. The summed E-state index contributed by atoms with van der Waals surface area (Å²) in [5, 5.41) is 0.492. The van der Waals surface area contributed by atoms with Gasteiger partial charge in [0, 0.05) is 15.1 Å². The van der Waals surface area contributed by atoms with Crippen molar-refractivity contribution in [1.82, 2.24) is 9.13 Å². The molecule has 0 bridgehead atoms. The molecule has 0 atom stereocenters. The van der Waals surface area contributed by atoms with Crippen molar-refractivity contribution in [2.45, 2.75) is 20.0 Å². The summed E-state index contributed by atoms with van der Waals surface area (Å²) < 4.78 is 21.7. The van der Waals surface area contributed by atoms with E-state index in [1.54, 1.807) is 13.0 Å². The van der Waals surface area contributed by atoms with Crippen LogP contribution in [-0.2, 0) is 22.6 Å². The third kappa shape index (κ3) is 4.02. The number of carbonyl (C=O) groups excluding carboxylic acids is 1. The fraction of sp³-hybridized carbons (Fsp3) is 0.211. The van der Waals surface area contributed by atoms with E-state index in [2.05, 4.69) is 15.9 Å². The number of rotatable bonds is 5. The summed E-state index contributed by atoms with van der Waals surface area (Å²) in [5.74, 6) is -1.19. The second-order valence-electron chi connectivity index (χ2n) is 5.96. The van der Waals surface area contributed by atoms with Gasteiger partial charge in [-0.15, -0.1) is 0 Å². The predicted octanol–water partition coefficient (Wildman–Crippen LogP) is 3.33. The molecule has 3 rings (SSSR count). The Balaban J connectivity index is 2.22. The van der Waals surface area contributed by atoms with Gasteiger partial charge in [-0.1, -0.05) is 33.6 Å². The summed E-state index contributed by atoms with van der Waals surface area (Å²) in [6, 6.07) is 8.75. The van der Waals surface area contributed by atoms with Crippen molar-refractivity contribution >= 4 is 44.4 Å². The Hall–Kier alpha value is -2.45. The fourth-order valence-electron chi connectivity index (χ4n) is 2.84. The Morgan fingerprint density at radius 3 is 2.61 bits per heavy atom. The second kappa shape index (κ2) is 8.28. The standard InChI is InChI=1S/C19H15BrClFN2O4/c1-2-28-17(25)10-23-16-8-13(21)5-6-14(16)18(26)24(19(23)27)9-11-3-4-12(20)7-15(11)22/h3-8H,2,9-10H2,1H3. The first-order chi connectivity index (χ1) is 13.3. The Bertz CT molecular complexity index is 1190. The molecule has 1 aromatic heterocycles. The quantitative estimate of drug-likeness (QED) is 0.538. The van der Waals surface area contributed by atoms with Crippen LogP contribution in [0.5, 0.6) is 0 Å². The van der Waals surface area contributed by atoms with Gasteiger partial charge >= 0.3 is 11.7 Å². The lowest BCUT2D eigenvalue weighted by Gasteiger charge is -2.14. The van der Waals surface area contributed by atoms with Gasteiger partial charge in [0.25, 0.3) is 5.56 Å². The number of ether oxygens (including phenoxy) is 1. The average molecular weight is 470 g/mol. The van der Waals surface area contributed by atoms with Gasteiger partial charge in [0.05, 0.1) is 24.1 Å². The molecule has 0 saturated heterocycles. The van der Waals surface area contributed by atoms with Crippen LogP contribution >= 0.6 is 27.5 Å². The minimum absolute atomic E-state index is 0.149. The molecule has 0 fully saturated rings. The third-order valence-corrected chi connectivity index (χ3v) is 4.85. The molecule has 0 saturated carbocycles. The molecule has 0 unspecified atom stereocenters. The third-order valence-electron chi connectivity index (χ3n) is 4.12. The summed E-state index contributed by atoms with van der Waals surface area (Å²) in [6.07, 6.45) is 0. The fourth-order valence-corrected chi connectivity index (χ4v) is 3.34. The number of aromatic nitrogens is 2. The molecule has 28 heavy (non-hydrogen) atoms. The zero-order valence-corrected chi connectivity index (χ0v) is 17.1. The Kier molecular flexibility index (Phi) is 6.00. The summed E-state index contributed by atoms with van der Waals surface area (Å²) in [5.41, 5.74) is -0.976. The van der Waals surface area contributed by atoms with Crippen LogP contribution in [-0.4, -0.2) is 21.7 Å². The number of benzene rings is 2. The minimum Gasteiger partial charge on any atom is -0.465 e. The highest BCUT2D eigenvalue weighted by Gasteiger charge is 2.17. The maximum absolute atomic E-state index is 14.2. The van der Waals surface area contributed by atoms with Crippen molar-refractivity contribution in [2.24, 2.45) is 0 Å². The van der Waals surface area contributed by atoms with E-state index in [1.165, 1.54) is 30.3 Å². The van der Waals surface area contributed by atoms with E-state index in [0.717, 1.165) is 9.13 Å². The molecular formula is C19H15BrClFN2O4. The van der Waals surface area contributed by atoms with Crippen molar-refractivity contribution in [1.29, 1.82) is 0 Å². The topological polar surface area (TPSA) is 70.3 Å². The molecule has 0 aliphatic heterocycles. The van der Waals surface area contributed by atoms with Crippen molar-refractivity contribution in [3.63, 3.8) is 0 Å². The molecular weight excluding hydrogens is 455 g/mol. The molecule has 0 aliphatic rings. The van der Waals surface area contributed by atoms with Gasteiger partial charge in [0.2, 0.25) is 0 Å². The van der Waals surface area contributed by atoms with E-state index in [4.69, 9.17) is 16.3 Å². The molecule has 6 nitrogen and oxygen atoms in total. The highest BCUT2D eigenvalue weighted by molar-refractivity contribution is 9.10. The lowest BCUT2D eigenvalue weighted by molar-refractivity contribution is -0.143. The van der Waals surface area contributed by atoms with Crippen LogP contribution in [0.3, 0.4) is 0 Å². The highest BCUT2D eigenvalue weighted by atomic mass is 79.9. The normalized spacial score (nSPS) is 11.0. The SMILES string of the molecule is CCOC(=O)Cn1c(=O)n(Cc2ccc(Br)cc2F)c(=O)c2ccc(Cl)cc21. The number of hydrogen-bond donors (Lipinski definition) is 0. The average Bonchev–Trinajstić information content (AvgIpc) is 2.64. The first-order valence-electron chi connectivity index (χ1n) is 8.34. The lowest BCUT2D eigenvalue weighted by Crippen LogP contribution is -2.41. The molecule has 0 spiro atoms. The predicted molar refractivity (Wildman–Crippen MR) is 107 cm³/mol. The van der Waals surface area contributed by atoms with Crippen LogP contribution < -0.4 is 11.2 Å². The van der Waals surface area contributed by atoms with Crippen molar-refractivity contribution < 1.29 is 13.9 Å². The molecule has 2 aromatic carbocycles. The number of nitrogens with zero attached hydrogens (tertiary/aromatic N) is 2. The number of esters is 1. The van der Waals surface area contributed by atoms with Gasteiger partial charge in [-0.25, -0.2) is 9.18 Å². The summed E-state index contributed by atoms with van der Waals surface area (Å²) in [4.78, 5) is 37.8. The van der Waals surface area contributed by atoms with Crippen LogP contribution in [0.1, 0.15) is 12.5 Å². The van der Waals surface area contributed by atoms with Crippen LogP contribution in [0, 0.1) is 5.82 Å². The van der Waals surface area contributed by atoms with Crippen molar-refractivity contribution in [3.05, 3.63) is 78.1 Å². The van der Waals surface area contributed by atoms with E-state index in [-0.39, 0.29) is 29.6 Å². The molecule has 0 amide bonds. The first-order valence-corrected chi connectivity index (χ1v) is 9.51. The summed E-state index contributed by atoms with van der Waals surface area (Å²) in [7, 11) is 0. The molecule has 3 aromatic rings. The maximum atomic E-state index is 14.2. The van der Waals surface area contributed by atoms with E-state index >= 15 is 0 Å². The Morgan fingerprint density at radius 1 is 1.18 bits per heavy atom. The molecule has 0 aliphatic carbocycles. The maximum Gasteiger partial charge on any atom is 0.332 e. The minimum atomic E-state index is -0.755. The van der Waals surface area contributed by atoms with Crippen LogP contribution in [0.15, 0.2) is 50.5 Å². The second-order valence-corrected chi connectivity index (χ2v) is 7.31. The van der Waals surface area contributed by atoms with E-state index < -0.39 is 29.6 Å². The molecule has 1 heterocycles. The smallest absolute Gasteiger partial charge is 0.332 e. The zero-order valence-electron chi connectivity index (χ0n) is 14.7. The largest absolute Gasteiger partial charge is 0.465 e. The Labute approximate surface area is 172 Å². The van der Waals surface area contributed by atoms with Gasteiger partial charge < -0.3 is 4.74 Å². The van der Waals surface area contributed by atoms with Crippen molar-refractivity contribution in [3.8, 4) is 0 Å². The number of halogens is 3. The number of carbonyl (C=O) groups is 1. The summed E-state index contributed by atoms with van der Waals surface area (Å²) >= 11 is 9.17. The number of hydrogen-bond acceptors (Lipinski definition) is 4. The van der Waals surface area contributed by atoms with E-state index in [9.17, 15) is 18.8 Å². The molecule has 0 radical (unpaired) electrons. The zero-order chi connectivity index (χ0) is 20.4. The first kappa shape index (κ1) is 20.3. The van der Waals surface area contributed by atoms with Crippen LogP contribution in [0.2, 0.25) is 5.02 Å². The highest BCUT2D eigenvalue weighted by Crippen LogP contribution is 2.18. The Morgan fingerprint density at radius 2 is 1.93 bits per heavy atom. The van der Waals surface area contributed by atoms with Gasteiger partial charge in [-0.2, -0.15) is 0 Å². The van der Waals surface area contributed by atoms with Crippen molar-refractivity contribution in [2.75, 3.05) is 6.61 Å². The van der Waals surface area contributed by atoms with Crippen LogP contribution in [0.25, 0.3) is 10.9 Å². The lowest BCUT2D eigenvalue weighted by atomic mass is 10.2. The molecule has 146 valence electrons. The van der Waals surface area contributed by atoms with E-state index in [1.807, 2.05) is 0 Å². The number of fused-ring (bicyclic) bond motifs is 1. The van der Waals surface area contributed by atoms with Gasteiger partial charge in [0.1, 0.15) is 12.4 Å². The van der Waals surface area contributed by atoms with Gasteiger partial charge in [0.15, 0.2) is 0 Å². The molecule has 0 N–H and O–H groups in total. The van der Waals surface area contributed by atoms with Gasteiger partial charge in [-0.3, -0.25) is 18.7 Å². The van der Waals surface area contributed by atoms with Gasteiger partial charge in [-0.05, 0) is 37.3 Å². The monoisotopic (exact) mass is 468 g/mol. The van der Waals surface area contributed by atoms with E-state index in [0.29, 0.717) is 9.50 Å². The van der Waals surface area contributed by atoms with Crippen LogP contribution in [0.4, 0.5) is 4.39 Å². The summed E-state index contributed by atoms with van der Waals surface area (Å²) in [6.45, 7) is 1.12.